The average Bonchev–Trinajstić information content (AvgIpc) is 2.93. The SMILES string of the molecule is C[C@H](O)C(=O)N(CCN1[C@@H]2CC[C@H]1CC(c1cccc(C(N)=O)c1)C2)CC1CCC1. The Bertz CT molecular complexity index is 763. The van der Waals surface area contributed by atoms with Crippen LogP contribution in [0.25, 0.3) is 0 Å². The molecule has 30 heavy (non-hydrogen) atoms. The molecule has 1 aliphatic carbocycles. The summed E-state index contributed by atoms with van der Waals surface area (Å²) in [6, 6.07) is 8.85. The minimum absolute atomic E-state index is 0.132. The molecule has 2 bridgehead atoms. The van der Waals surface area contributed by atoms with Crippen molar-refractivity contribution in [3.8, 4) is 0 Å². The predicted molar refractivity (Wildman–Crippen MR) is 116 cm³/mol. The Morgan fingerprint density at radius 2 is 1.90 bits per heavy atom. The second kappa shape index (κ2) is 9.06. The summed E-state index contributed by atoms with van der Waals surface area (Å²) in [5, 5.41) is 9.83. The quantitative estimate of drug-likeness (QED) is 0.686. The summed E-state index contributed by atoms with van der Waals surface area (Å²) in [6.45, 7) is 3.95. The topological polar surface area (TPSA) is 86.9 Å². The fraction of sp³-hybridized carbons (Fsp3) is 0.667. The van der Waals surface area contributed by atoms with Crippen molar-refractivity contribution in [2.45, 2.75) is 76.0 Å². The first-order chi connectivity index (χ1) is 14.4. The number of carbonyl (C=O) groups is 2. The van der Waals surface area contributed by atoms with Crippen LogP contribution in [-0.2, 0) is 4.79 Å². The Balaban J connectivity index is 1.38. The fourth-order valence-electron chi connectivity index (χ4n) is 5.64. The van der Waals surface area contributed by atoms with Crippen molar-refractivity contribution in [1.82, 2.24) is 9.80 Å². The van der Waals surface area contributed by atoms with Gasteiger partial charge in [0.2, 0.25) is 5.91 Å². The van der Waals surface area contributed by atoms with Crippen molar-refractivity contribution in [3.05, 3.63) is 35.4 Å². The molecule has 2 aliphatic heterocycles. The van der Waals surface area contributed by atoms with Crippen molar-refractivity contribution in [3.63, 3.8) is 0 Å². The zero-order chi connectivity index (χ0) is 21.3. The lowest BCUT2D eigenvalue weighted by molar-refractivity contribution is -0.140. The third-order valence-electron chi connectivity index (χ3n) is 7.53. The highest BCUT2D eigenvalue weighted by atomic mass is 16.3. The van der Waals surface area contributed by atoms with Gasteiger partial charge in [0.05, 0.1) is 0 Å². The molecule has 6 nitrogen and oxygen atoms in total. The molecule has 0 aromatic heterocycles. The van der Waals surface area contributed by atoms with Gasteiger partial charge in [-0.3, -0.25) is 14.5 Å². The second-order valence-electron chi connectivity index (χ2n) is 9.54. The zero-order valence-corrected chi connectivity index (χ0v) is 18.0. The highest BCUT2D eigenvalue weighted by molar-refractivity contribution is 5.92. The largest absolute Gasteiger partial charge is 0.384 e. The molecular formula is C24H35N3O3. The monoisotopic (exact) mass is 413 g/mol. The highest BCUT2D eigenvalue weighted by Crippen LogP contribution is 2.43. The van der Waals surface area contributed by atoms with Gasteiger partial charge >= 0.3 is 0 Å². The molecule has 3 N–H and O–H groups in total. The van der Waals surface area contributed by atoms with E-state index in [9.17, 15) is 14.7 Å². The maximum Gasteiger partial charge on any atom is 0.251 e. The van der Waals surface area contributed by atoms with Gasteiger partial charge in [-0.05, 0) is 75.0 Å². The summed E-state index contributed by atoms with van der Waals surface area (Å²) in [5.41, 5.74) is 7.28. The number of hydrogen-bond donors (Lipinski definition) is 2. The van der Waals surface area contributed by atoms with E-state index < -0.39 is 6.10 Å². The number of primary amides is 1. The van der Waals surface area contributed by atoms with E-state index in [1.807, 2.05) is 17.0 Å². The van der Waals surface area contributed by atoms with Crippen LogP contribution in [-0.4, -0.2) is 64.5 Å². The van der Waals surface area contributed by atoms with Gasteiger partial charge in [-0.1, -0.05) is 18.6 Å². The lowest BCUT2D eigenvalue weighted by Crippen LogP contribution is -2.49. The van der Waals surface area contributed by atoms with E-state index in [2.05, 4.69) is 11.0 Å². The van der Waals surface area contributed by atoms with Crippen molar-refractivity contribution < 1.29 is 14.7 Å². The molecule has 0 radical (unpaired) electrons. The van der Waals surface area contributed by atoms with Crippen LogP contribution >= 0.6 is 0 Å². The molecule has 0 spiro atoms. The fourth-order valence-corrected chi connectivity index (χ4v) is 5.64. The number of nitrogens with two attached hydrogens (primary N) is 1. The van der Waals surface area contributed by atoms with Gasteiger partial charge in [0.25, 0.3) is 5.91 Å². The molecule has 1 aromatic carbocycles. The minimum atomic E-state index is -0.926. The van der Waals surface area contributed by atoms with Crippen LogP contribution in [0.2, 0.25) is 0 Å². The number of benzene rings is 1. The normalized spacial score (nSPS) is 27.5. The van der Waals surface area contributed by atoms with Crippen LogP contribution in [0.3, 0.4) is 0 Å². The minimum Gasteiger partial charge on any atom is -0.384 e. The van der Waals surface area contributed by atoms with E-state index >= 15 is 0 Å². The Morgan fingerprint density at radius 1 is 1.20 bits per heavy atom. The van der Waals surface area contributed by atoms with Crippen LogP contribution in [0.5, 0.6) is 0 Å². The first-order valence-electron chi connectivity index (χ1n) is 11.5. The molecule has 1 aromatic rings. The molecule has 3 fully saturated rings. The van der Waals surface area contributed by atoms with E-state index in [0.717, 1.165) is 25.9 Å². The van der Waals surface area contributed by atoms with E-state index in [1.165, 1.54) is 37.7 Å². The number of nitrogens with zero attached hydrogens (tertiary/aromatic N) is 2. The number of amides is 2. The van der Waals surface area contributed by atoms with Gasteiger partial charge in [0.15, 0.2) is 0 Å². The van der Waals surface area contributed by atoms with Crippen LogP contribution in [0.1, 0.15) is 73.7 Å². The van der Waals surface area contributed by atoms with E-state index in [0.29, 0.717) is 36.0 Å². The maximum atomic E-state index is 12.5. The molecular weight excluding hydrogens is 378 g/mol. The number of aliphatic hydroxyl groups excluding tert-OH is 1. The molecule has 164 valence electrons. The lowest BCUT2D eigenvalue weighted by atomic mass is 9.84. The average molecular weight is 414 g/mol. The van der Waals surface area contributed by atoms with E-state index in [1.54, 1.807) is 13.0 Å². The summed E-state index contributed by atoms with van der Waals surface area (Å²) in [7, 11) is 0. The number of fused-ring (bicyclic) bond motifs is 2. The number of hydrogen-bond acceptors (Lipinski definition) is 4. The Kier molecular flexibility index (Phi) is 6.44. The summed E-state index contributed by atoms with van der Waals surface area (Å²) in [6.07, 6.45) is 7.31. The number of aliphatic hydroxyl groups is 1. The molecule has 1 saturated carbocycles. The molecule has 2 heterocycles. The van der Waals surface area contributed by atoms with Crippen LogP contribution in [0.15, 0.2) is 24.3 Å². The van der Waals surface area contributed by atoms with Crippen molar-refractivity contribution in [2.75, 3.05) is 19.6 Å². The first kappa shape index (κ1) is 21.3. The predicted octanol–water partition coefficient (Wildman–Crippen LogP) is 2.51. The lowest BCUT2D eigenvalue weighted by Gasteiger charge is -2.41. The Morgan fingerprint density at radius 3 is 2.47 bits per heavy atom. The standard InChI is InChI=1S/C24H35N3O3/c1-16(28)24(30)26(15-17-4-2-5-17)10-11-27-21-8-9-22(27)14-20(13-21)18-6-3-7-19(12-18)23(25)29/h3,6-7,12,16-17,20-22,28H,2,4-5,8-11,13-15H2,1H3,(H2,25,29)/t16-,20?,21-,22+/m0/s1. The molecule has 2 saturated heterocycles. The van der Waals surface area contributed by atoms with Gasteiger partial charge in [0.1, 0.15) is 6.10 Å². The zero-order valence-electron chi connectivity index (χ0n) is 18.0. The summed E-state index contributed by atoms with van der Waals surface area (Å²) in [5.74, 6) is 0.565. The van der Waals surface area contributed by atoms with Crippen LogP contribution in [0, 0.1) is 5.92 Å². The maximum absolute atomic E-state index is 12.5. The third kappa shape index (κ3) is 4.54. The van der Waals surface area contributed by atoms with Gasteiger partial charge < -0.3 is 15.7 Å². The van der Waals surface area contributed by atoms with Crippen molar-refractivity contribution in [2.24, 2.45) is 11.7 Å². The molecule has 6 heteroatoms. The van der Waals surface area contributed by atoms with Gasteiger partial charge in [-0.25, -0.2) is 0 Å². The van der Waals surface area contributed by atoms with Crippen LogP contribution < -0.4 is 5.73 Å². The first-order valence-corrected chi connectivity index (χ1v) is 11.5. The summed E-state index contributed by atoms with van der Waals surface area (Å²) in [4.78, 5) is 28.6. The Hall–Kier alpha value is -1.92. The number of piperidine rings is 1. The summed E-state index contributed by atoms with van der Waals surface area (Å²) < 4.78 is 0. The smallest absolute Gasteiger partial charge is 0.251 e. The summed E-state index contributed by atoms with van der Waals surface area (Å²) >= 11 is 0. The molecule has 4 atom stereocenters. The second-order valence-corrected chi connectivity index (χ2v) is 9.54. The molecule has 3 aliphatic rings. The van der Waals surface area contributed by atoms with E-state index in [-0.39, 0.29) is 11.8 Å². The van der Waals surface area contributed by atoms with Crippen molar-refractivity contribution in [1.29, 1.82) is 0 Å². The van der Waals surface area contributed by atoms with Crippen molar-refractivity contribution >= 4 is 11.8 Å². The molecule has 1 unspecified atom stereocenters. The Labute approximate surface area is 179 Å². The third-order valence-corrected chi connectivity index (χ3v) is 7.53. The van der Waals surface area contributed by atoms with Gasteiger partial charge in [0, 0.05) is 37.3 Å². The highest BCUT2D eigenvalue weighted by Gasteiger charge is 2.41. The molecule has 2 amide bonds. The van der Waals surface area contributed by atoms with Gasteiger partial charge in [-0.2, -0.15) is 0 Å². The van der Waals surface area contributed by atoms with E-state index in [4.69, 9.17) is 5.73 Å². The number of carbonyl (C=O) groups excluding carboxylic acids is 2. The molecule has 4 rings (SSSR count). The number of rotatable bonds is 8. The van der Waals surface area contributed by atoms with Gasteiger partial charge in [-0.15, -0.1) is 0 Å². The van der Waals surface area contributed by atoms with Crippen LogP contribution in [0.4, 0.5) is 0 Å².